The third-order valence-corrected chi connectivity index (χ3v) is 1.72. The second-order valence-electron chi connectivity index (χ2n) is 2.64. The molecule has 0 radical (unpaired) electrons. The second kappa shape index (κ2) is 8.31. The van der Waals surface area contributed by atoms with E-state index in [1.54, 1.807) is 0 Å². The van der Waals surface area contributed by atoms with Crippen molar-refractivity contribution in [3.8, 4) is 0 Å². The molecule has 0 spiro atoms. The van der Waals surface area contributed by atoms with Gasteiger partial charge < -0.3 is 0 Å². The van der Waals surface area contributed by atoms with Crippen LogP contribution in [-0.2, 0) is 0 Å². The van der Waals surface area contributed by atoms with Crippen molar-refractivity contribution in [1.82, 2.24) is 0 Å². The standard InChI is InChI=1S/C12H14.C2H6/c1-3-7-11-9-5-6-10-12(11)8-4-2;1-2/h3,5-10H,1,4H2,2H3;1-2H3/b11-7-,12-8-;. The van der Waals surface area contributed by atoms with Gasteiger partial charge in [-0.25, -0.2) is 0 Å². The third-order valence-electron chi connectivity index (χ3n) is 1.72. The molecule has 0 fully saturated rings. The summed E-state index contributed by atoms with van der Waals surface area (Å²) in [5, 5.41) is 2.54. The zero-order chi connectivity index (χ0) is 10.8. The normalized spacial score (nSPS) is 11.9. The molecule has 0 aliphatic rings. The summed E-state index contributed by atoms with van der Waals surface area (Å²) in [6.45, 7) is 9.83. The van der Waals surface area contributed by atoms with Crippen LogP contribution in [0.1, 0.15) is 27.2 Å². The number of benzene rings is 1. The highest BCUT2D eigenvalue weighted by Crippen LogP contribution is 1.77. The lowest BCUT2D eigenvalue weighted by molar-refractivity contribution is 1.28. The Morgan fingerprint density at radius 3 is 2.21 bits per heavy atom. The van der Waals surface area contributed by atoms with Gasteiger partial charge in [-0.2, -0.15) is 0 Å². The lowest BCUT2D eigenvalue weighted by atomic mass is 10.2. The fourth-order valence-corrected chi connectivity index (χ4v) is 1.20. The minimum atomic E-state index is 1.07. The van der Waals surface area contributed by atoms with Crippen molar-refractivity contribution >= 4 is 12.2 Å². The molecule has 0 amide bonds. The van der Waals surface area contributed by atoms with Crippen LogP contribution in [-0.4, -0.2) is 0 Å². The molecule has 0 aliphatic heterocycles. The summed E-state index contributed by atoms with van der Waals surface area (Å²) in [6, 6.07) is 8.33. The van der Waals surface area contributed by atoms with Crippen LogP contribution in [0.5, 0.6) is 0 Å². The smallest absolute Gasteiger partial charge is 0.0187 e. The second-order valence-corrected chi connectivity index (χ2v) is 2.64. The molecule has 76 valence electrons. The summed E-state index contributed by atoms with van der Waals surface area (Å²) in [7, 11) is 0. The fourth-order valence-electron chi connectivity index (χ4n) is 1.20. The van der Waals surface area contributed by atoms with Gasteiger partial charge in [-0.3, -0.25) is 0 Å². The zero-order valence-electron chi connectivity index (χ0n) is 9.46. The van der Waals surface area contributed by atoms with E-state index in [4.69, 9.17) is 0 Å². The molecule has 0 nitrogen and oxygen atoms in total. The van der Waals surface area contributed by atoms with Gasteiger partial charge in [-0.15, -0.1) is 0 Å². The lowest BCUT2D eigenvalue weighted by Crippen LogP contribution is -2.22. The van der Waals surface area contributed by atoms with Crippen LogP contribution in [0.3, 0.4) is 0 Å². The van der Waals surface area contributed by atoms with Crippen molar-refractivity contribution in [2.45, 2.75) is 27.2 Å². The number of allylic oxidation sites excluding steroid dienone is 1. The molecule has 0 heterocycles. The predicted octanol–water partition coefficient (Wildman–Crippen LogP) is 2.87. The maximum atomic E-state index is 3.69. The Labute approximate surface area is 87.3 Å². The molecule has 0 unspecified atom stereocenters. The average molecular weight is 188 g/mol. The van der Waals surface area contributed by atoms with Gasteiger partial charge in [0.15, 0.2) is 0 Å². The van der Waals surface area contributed by atoms with Gasteiger partial charge in [0.05, 0.1) is 0 Å². The average Bonchev–Trinajstić information content (AvgIpc) is 2.25. The topological polar surface area (TPSA) is 0 Å². The maximum absolute atomic E-state index is 3.69. The molecule has 0 heteroatoms. The lowest BCUT2D eigenvalue weighted by Gasteiger charge is -1.87. The highest BCUT2D eigenvalue weighted by atomic mass is 13.8. The van der Waals surface area contributed by atoms with Crippen molar-refractivity contribution in [2.24, 2.45) is 0 Å². The highest BCUT2D eigenvalue weighted by molar-refractivity contribution is 5.38. The number of hydrogen-bond acceptors (Lipinski definition) is 0. The molecule has 0 saturated carbocycles. The summed E-state index contributed by atoms with van der Waals surface area (Å²) in [5.41, 5.74) is 0. The van der Waals surface area contributed by atoms with Crippen molar-refractivity contribution in [2.75, 3.05) is 0 Å². The minimum absolute atomic E-state index is 1.07. The molecule has 1 aromatic carbocycles. The highest BCUT2D eigenvalue weighted by Gasteiger charge is 1.80. The van der Waals surface area contributed by atoms with Crippen LogP contribution in [0, 0.1) is 0 Å². The fraction of sp³-hybridized carbons (Fsp3) is 0.286. The van der Waals surface area contributed by atoms with E-state index in [2.05, 4.69) is 37.8 Å². The van der Waals surface area contributed by atoms with Gasteiger partial charge in [0.1, 0.15) is 0 Å². The quantitative estimate of drug-likeness (QED) is 0.669. The molecule has 0 saturated heterocycles. The largest absolute Gasteiger partial charge is 0.0990 e. The Morgan fingerprint density at radius 1 is 1.14 bits per heavy atom. The SMILES string of the molecule is C=C/C=c1/cccc/c1=C/CC.CC. The van der Waals surface area contributed by atoms with Crippen LogP contribution < -0.4 is 10.4 Å². The Bertz CT molecular complexity index is 358. The van der Waals surface area contributed by atoms with Crippen molar-refractivity contribution < 1.29 is 0 Å². The summed E-state index contributed by atoms with van der Waals surface area (Å²) in [6.07, 6.45) is 7.14. The van der Waals surface area contributed by atoms with Gasteiger partial charge in [0.25, 0.3) is 0 Å². The summed E-state index contributed by atoms with van der Waals surface area (Å²) in [5.74, 6) is 0. The Balaban J connectivity index is 0.000000791. The molecule has 1 rings (SSSR count). The Morgan fingerprint density at radius 2 is 1.71 bits per heavy atom. The van der Waals surface area contributed by atoms with Gasteiger partial charge in [0, 0.05) is 0 Å². The molecule has 0 N–H and O–H groups in total. The van der Waals surface area contributed by atoms with E-state index in [1.807, 2.05) is 32.1 Å². The molecule has 0 atom stereocenters. The predicted molar refractivity (Wildman–Crippen MR) is 66.5 cm³/mol. The summed E-state index contributed by atoms with van der Waals surface area (Å²) < 4.78 is 0. The first-order valence-electron chi connectivity index (χ1n) is 5.26. The first-order valence-corrected chi connectivity index (χ1v) is 5.26. The third kappa shape index (κ3) is 4.08. The van der Waals surface area contributed by atoms with E-state index in [0.29, 0.717) is 0 Å². The first-order chi connectivity index (χ1) is 6.88. The Hall–Kier alpha value is -1.30. The van der Waals surface area contributed by atoms with Crippen molar-refractivity contribution in [3.05, 3.63) is 47.4 Å². The van der Waals surface area contributed by atoms with Crippen molar-refractivity contribution in [3.63, 3.8) is 0 Å². The van der Waals surface area contributed by atoms with E-state index < -0.39 is 0 Å². The first kappa shape index (κ1) is 12.7. The van der Waals surface area contributed by atoms with Crippen LogP contribution in [0.25, 0.3) is 12.2 Å². The van der Waals surface area contributed by atoms with Gasteiger partial charge in [-0.05, 0) is 16.9 Å². The Kier molecular flexibility index (Phi) is 7.53. The van der Waals surface area contributed by atoms with E-state index in [0.717, 1.165) is 6.42 Å². The molecule has 14 heavy (non-hydrogen) atoms. The van der Waals surface area contributed by atoms with Crippen LogP contribution in [0.2, 0.25) is 0 Å². The molecular formula is C14H20. The van der Waals surface area contributed by atoms with Crippen molar-refractivity contribution in [1.29, 1.82) is 0 Å². The summed E-state index contributed by atoms with van der Waals surface area (Å²) in [4.78, 5) is 0. The van der Waals surface area contributed by atoms with Gasteiger partial charge >= 0.3 is 0 Å². The van der Waals surface area contributed by atoms with E-state index >= 15 is 0 Å². The molecular weight excluding hydrogens is 168 g/mol. The molecule has 0 bridgehead atoms. The minimum Gasteiger partial charge on any atom is -0.0990 e. The van der Waals surface area contributed by atoms with Crippen LogP contribution in [0.4, 0.5) is 0 Å². The summed E-state index contributed by atoms with van der Waals surface area (Å²) >= 11 is 0. The maximum Gasteiger partial charge on any atom is -0.0187 e. The molecule has 1 aromatic rings. The van der Waals surface area contributed by atoms with Crippen LogP contribution in [0.15, 0.2) is 36.9 Å². The van der Waals surface area contributed by atoms with Crippen LogP contribution >= 0.6 is 0 Å². The monoisotopic (exact) mass is 188 g/mol. The molecule has 0 aromatic heterocycles. The van der Waals surface area contributed by atoms with E-state index in [9.17, 15) is 0 Å². The number of rotatable bonds is 2. The molecule has 0 aliphatic carbocycles. The van der Waals surface area contributed by atoms with E-state index in [1.165, 1.54) is 10.4 Å². The number of hydrogen-bond donors (Lipinski definition) is 0. The zero-order valence-corrected chi connectivity index (χ0v) is 9.46. The van der Waals surface area contributed by atoms with Gasteiger partial charge in [-0.1, -0.05) is 69.8 Å². The van der Waals surface area contributed by atoms with E-state index in [-0.39, 0.29) is 0 Å². The van der Waals surface area contributed by atoms with Gasteiger partial charge in [0.2, 0.25) is 0 Å².